The van der Waals surface area contributed by atoms with Crippen LogP contribution in [0.15, 0.2) is 71.0 Å². The van der Waals surface area contributed by atoms with E-state index in [1.165, 1.54) is 30.2 Å². The maximum absolute atomic E-state index is 14.0. The van der Waals surface area contributed by atoms with Crippen LogP contribution < -0.4 is 5.32 Å². The number of carbonyl (C=O) groups is 1. The second-order valence-corrected chi connectivity index (χ2v) is 10.1. The average molecular weight is 541 g/mol. The average Bonchev–Trinajstić information content (AvgIpc) is 3.40. The van der Waals surface area contributed by atoms with E-state index in [1.807, 2.05) is 17.0 Å². The lowest BCUT2D eigenvalue weighted by Crippen LogP contribution is -2.45. The Labute approximate surface area is 222 Å². The molecular weight excluding hydrogens is 513 g/mol. The number of carbonyl (C=O) groups excluding carboxylic acids is 1. The van der Waals surface area contributed by atoms with Crippen LogP contribution in [-0.4, -0.2) is 63.4 Å². The van der Waals surface area contributed by atoms with Crippen LogP contribution in [-0.2, 0) is 12.7 Å². The number of halogens is 3. The lowest BCUT2D eigenvalue weighted by Gasteiger charge is -2.34. The molecule has 2 N–H and O–H groups in total. The Morgan fingerprint density at radius 1 is 1.05 bits per heavy atom. The van der Waals surface area contributed by atoms with Crippen LogP contribution in [0.5, 0.6) is 0 Å². The summed E-state index contributed by atoms with van der Waals surface area (Å²) in [6, 6.07) is 12.8. The smallest absolute Gasteiger partial charge is 0.346 e. The maximum atomic E-state index is 14.0. The summed E-state index contributed by atoms with van der Waals surface area (Å²) in [5.41, 5.74) is 0.630. The molecule has 2 aromatic heterocycles. The van der Waals surface area contributed by atoms with E-state index in [-0.39, 0.29) is 17.8 Å². The van der Waals surface area contributed by atoms with Crippen molar-refractivity contribution in [2.24, 2.45) is 0 Å². The Morgan fingerprint density at radius 2 is 1.84 bits per heavy atom. The Morgan fingerprint density at radius 3 is 2.61 bits per heavy atom. The zero-order valence-electron chi connectivity index (χ0n) is 20.8. The molecule has 3 heterocycles. The van der Waals surface area contributed by atoms with Crippen LogP contribution in [0.25, 0.3) is 11.0 Å². The van der Waals surface area contributed by atoms with Gasteiger partial charge in [-0.3, -0.25) is 9.69 Å². The molecule has 0 unspecified atom stereocenters. The summed E-state index contributed by atoms with van der Waals surface area (Å²) in [6.07, 6.45) is -1.29. The molecule has 0 saturated carbocycles. The molecule has 1 aliphatic heterocycles. The monoisotopic (exact) mass is 540 g/mol. The van der Waals surface area contributed by atoms with Gasteiger partial charge in [-0.15, -0.1) is 0 Å². The quantitative estimate of drug-likeness (QED) is 0.301. The Bertz CT molecular complexity index is 1430. The van der Waals surface area contributed by atoms with Crippen molar-refractivity contribution in [1.29, 1.82) is 0 Å². The third-order valence-electron chi connectivity index (χ3n) is 6.61. The molecule has 5 rings (SSSR count). The van der Waals surface area contributed by atoms with Gasteiger partial charge in [-0.2, -0.15) is 13.2 Å². The first-order chi connectivity index (χ1) is 18.3. The fraction of sp³-hybridized carbons (Fsp3) is 0.296. The van der Waals surface area contributed by atoms with Gasteiger partial charge >= 0.3 is 6.18 Å². The third kappa shape index (κ3) is 6.01. The number of fused-ring (bicyclic) bond motifs is 1. The van der Waals surface area contributed by atoms with Gasteiger partial charge in [0.2, 0.25) is 0 Å². The topological polar surface area (TPSA) is 77.2 Å². The van der Waals surface area contributed by atoms with Crippen LogP contribution in [0.1, 0.15) is 28.4 Å². The van der Waals surface area contributed by atoms with Gasteiger partial charge in [-0.25, -0.2) is 9.97 Å². The Hall–Kier alpha value is -3.41. The molecule has 2 aromatic carbocycles. The maximum Gasteiger partial charge on any atom is 0.416 e. The van der Waals surface area contributed by atoms with E-state index in [1.54, 1.807) is 24.4 Å². The minimum atomic E-state index is -4.53. The van der Waals surface area contributed by atoms with Crippen molar-refractivity contribution >= 4 is 34.4 Å². The number of aromatic amines is 1. The van der Waals surface area contributed by atoms with E-state index >= 15 is 0 Å². The van der Waals surface area contributed by atoms with E-state index in [9.17, 15) is 18.0 Å². The number of nitrogens with zero attached hydrogens (tertiary/aromatic N) is 4. The first-order valence-corrected chi connectivity index (χ1v) is 13.1. The number of amides is 1. The minimum absolute atomic E-state index is 0.102. The number of benzene rings is 2. The number of hydrogen-bond donors (Lipinski definition) is 2. The molecule has 38 heavy (non-hydrogen) atoms. The fourth-order valence-electron chi connectivity index (χ4n) is 4.51. The first-order valence-electron chi connectivity index (χ1n) is 12.3. The van der Waals surface area contributed by atoms with Crippen molar-refractivity contribution in [3.05, 3.63) is 77.7 Å². The largest absolute Gasteiger partial charge is 0.416 e. The van der Waals surface area contributed by atoms with Crippen molar-refractivity contribution in [3.8, 4) is 0 Å². The summed E-state index contributed by atoms with van der Waals surface area (Å²) in [5.74, 6) is -0.488. The Balaban J connectivity index is 1.31. The summed E-state index contributed by atoms with van der Waals surface area (Å²) < 4.78 is 41.9. The Kier molecular flexibility index (Phi) is 7.68. The highest BCUT2D eigenvalue weighted by molar-refractivity contribution is 7.99. The normalized spacial score (nSPS) is 15.2. The van der Waals surface area contributed by atoms with E-state index < -0.39 is 17.6 Å². The number of anilines is 1. The molecular formula is C27H27F3N6OS. The number of nitrogens with one attached hydrogen (secondary N) is 2. The van der Waals surface area contributed by atoms with Crippen LogP contribution in [0.2, 0.25) is 0 Å². The van der Waals surface area contributed by atoms with Crippen LogP contribution in [0.3, 0.4) is 0 Å². The summed E-state index contributed by atoms with van der Waals surface area (Å²) in [7, 11) is 0. The lowest BCUT2D eigenvalue weighted by atomic mass is 10.0. The number of hydrogen-bond acceptors (Lipinski definition) is 6. The third-order valence-corrected chi connectivity index (χ3v) is 7.62. The number of aromatic nitrogens is 3. The van der Waals surface area contributed by atoms with Gasteiger partial charge in [-0.1, -0.05) is 30.8 Å². The summed E-state index contributed by atoms with van der Waals surface area (Å²) in [5, 5.41) is 4.22. The van der Waals surface area contributed by atoms with E-state index in [0.717, 1.165) is 54.1 Å². The van der Waals surface area contributed by atoms with Crippen molar-refractivity contribution < 1.29 is 18.0 Å². The number of rotatable bonds is 7. The van der Waals surface area contributed by atoms with Crippen molar-refractivity contribution in [1.82, 2.24) is 24.8 Å². The standard InChI is InChI=1S/C27H27F3N6OS/c1-2-35-10-12-36(13-11-35)16-19-6-7-20(15-23(19)27(28,29)30)34-25(37)18-4-3-5-21(14-18)38-26-22-8-9-31-24(22)32-17-33-26/h3-9,14-15,17H,2,10-13,16H2,1H3,(H,34,37)(H,31,32,33). The van der Waals surface area contributed by atoms with Gasteiger partial charge in [0.25, 0.3) is 5.91 Å². The molecule has 0 aliphatic carbocycles. The molecule has 11 heteroatoms. The predicted octanol–water partition coefficient (Wildman–Crippen LogP) is 5.52. The SMILES string of the molecule is CCN1CCN(Cc2ccc(NC(=O)c3cccc(Sc4ncnc5[nH]ccc45)c3)cc2C(F)(F)F)CC1. The molecule has 0 bridgehead atoms. The minimum Gasteiger partial charge on any atom is -0.346 e. The fourth-order valence-corrected chi connectivity index (χ4v) is 5.44. The molecule has 198 valence electrons. The van der Waals surface area contributed by atoms with Gasteiger partial charge in [0.05, 0.1) is 10.9 Å². The molecule has 0 atom stereocenters. The van der Waals surface area contributed by atoms with E-state index in [2.05, 4.69) is 32.1 Å². The highest BCUT2D eigenvalue weighted by Gasteiger charge is 2.34. The number of likely N-dealkylation sites (N-methyl/N-ethyl adjacent to an activating group) is 1. The van der Waals surface area contributed by atoms with E-state index in [4.69, 9.17) is 0 Å². The van der Waals surface area contributed by atoms with Gasteiger partial charge < -0.3 is 15.2 Å². The lowest BCUT2D eigenvalue weighted by molar-refractivity contribution is -0.138. The van der Waals surface area contributed by atoms with Crippen LogP contribution in [0, 0.1) is 0 Å². The number of piperazine rings is 1. The summed E-state index contributed by atoms with van der Waals surface area (Å²) in [4.78, 5) is 29.6. The predicted molar refractivity (Wildman–Crippen MR) is 141 cm³/mol. The zero-order chi connectivity index (χ0) is 26.7. The second-order valence-electron chi connectivity index (χ2n) is 9.08. The number of H-pyrrole nitrogens is 1. The van der Waals surface area contributed by atoms with Gasteiger partial charge in [0.1, 0.15) is 17.0 Å². The number of alkyl halides is 3. The molecule has 0 spiro atoms. The van der Waals surface area contributed by atoms with Crippen molar-refractivity contribution in [3.63, 3.8) is 0 Å². The van der Waals surface area contributed by atoms with Crippen LogP contribution >= 0.6 is 11.8 Å². The molecule has 1 aliphatic rings. The second kappa shape index (κ2) is 11.1. The molecule has 0 radical (unpaired) electrons. The van der Waals surface area contributed by atoms with Gasteiger partial charge in [0, 0.05) is 55.1 Å². The molecule has 1 saturated heterocycles. The first kappa shape index (κ1) is 26.2. The van der Waals surface area contributed by atoms with Crippen LogP contribution in [0.4, 0.5) is 18.9 Å². The highest BCUT2D eigenvalue weighted by atomic mass is 32.2. The molecule has 7 nitrogen and oxygen atoms in total. The van der Waals surface area contributed by atoms with E-state index in [0.29, 0.717) is 11.2 Å². The molecule has 4 aromatic rings. The molecule has 1 amide bonds. The summed E-state index contributed by atoms with van der Waals surface area (Å²) >= 11 is 1.38. The van der Waals surface area contributed by atoms with Crippen molar-refractivity contribution in [2.75, 3.05) is 38.0 Å². The highest BCUT2D eigenvalue weighted by Crippen LogP contribution is 2.35. The molecule has 1 fully saturated rings. The zero-order valence-corrected chi connectivity index (χ0v) is 21.6. The van der Waals surface area contributed by atoms with Gasteiger partial charge in [-0.05, 0) is 48.5 Å². The van der Waals surface area contributed by atoms with Gasteiger partial charge in [0.15, 0.2) is 0 Å². The van der Waals surface area contributed by atoms with Crippen molar-refractivity contribution in [2.45, 2.75) is 29.6 Å². The summed E-state index contributed by atoms with van der Waals surface area (Å²) in [6.45, 7) is 6.38.